The summed E-state index contributed by atoms with van der Waals surface area (Å²) in [6, 6.07) is 72.7. The molecule has 0 aliphatic carbocycles. The number of rotatable bonds is 7. The molecule has 0 amide bonds. The van der Waals surface area contributed by atoms with Crippen LogP contribution in [0.1, 0.15) is 0 Å². The van der Waals surface area contributed by atoms with Crippen LogP contribution in [0.5, 0.6) is 0 Å². The van der Waals surface area contributed by atoms with Gasteiger partial charge in [0.05, 0.1) is 5.56 Å². The summed E-state index contributed by atoms with van der Waals surface area (Å²) < 4.78 is 15.9. The fraction of sp³-hybridized carbons (Fsp3) is 0. The Morgan fingerprint density at radius 3 is 1.82 bits per heavy atom. The molecule has 3 heterocycles. The molecule has 0 saturated carbocycles. The lowest BCUT2D eigenvalue weighted by Crippen LogP contribution is -2.10. The highest BCUT2D eigenvalue weighted by Crippen LogP contribution is 2.45. The van der Waals surface area contributed by atoms with Crippen molar-refractivity contribution in [3.63, 3.8) is 0 Å². The van der Waals surface area contributed by atoms with Crippen molar-refractivity contribution >= 4 is 81.6 Å². The lowest BCUT2D eigenvalue weighted by atomic mass is 9.99. The number of para-hydroxylation sites is 1. The highest BCUT2D eigenvalue weighted by molar-refractivity contribution is 7.26. The zero-order chi connectivity index (χ0) is 39.6. The van der Waals surface area contributed by atoms with Crippen LogP contribution in [0.2, 0.25) is 0 Å². The zero-order valence-electron chi connectivity index (χ0n) is 32.2. The van der Waals surface area contributed by atoms with Gasteiger partial charge in [-0.3, -0.25) is 0 Å². The van der Waals surface area contributed by atoms with Gasteiger partial charge in [-0.25, -0.2) is 4.98 Å². The van der Waals surface area contributed by atoms with Gasteiger partial charge in [-0.1, -0.05) is 140 Å². The van der Waals surface area contributed by atoms with Crippen LogP contribution in [0, 0.1) is 0 Å². The normalized spacial score (nSPS) is 11.7. The average Bonchev–Trinajstić information content (AvgIpc) is 4.03. The minimum Gasteiger partial charge on any atom is -0.455 e. The average molecular weight is 787 g/mol. The first kappa shape index (κ1) is 34.3. The number of anilines is 3. The second kappa shape index (κ2) is 14.0. The van der Waals surface area contributed by atoms with Crippen molar-refractivity contribution in [1.29, 1.82) is 0 Å². The third-order valence-corrected chi connectivity index (χ3v) is 12.7. The molecule has 5 heteroatoms. The maximum Gasteiger partial charge on any atom is 0.227 e. The summed E-state index contributed by atoms with van der Waals surface area (Å²) in [5.74, 6) is 0.580. The van der Waals surface area contributed by atoms with Crippen molar-refractivity contribution < 1.29 is 8.83 Å². The van der Waals surface area contributed by atoms with Gasteiger partial charge in [0.1, 0.15) is 16.7 Å². The second-order valence-electron chi connectivity index (χ2n) is 15.1. The van der Waals surface area contributed by atoms with E-state index < -0.39 is 0 Å². The lowest BCUT2D eigenvalue weighted by molar-refractivity contribution is 0.619. The first-order chi connectivity index (χ1) is 29.7. The molecule has 0 bridgehead atoms. The molecule has 0 saturated heterocycles. The number of furan rings is 1. The van der Waals surface area contributed by atoms with E-state index in [1.165, 1.54) is 36.9 Å². The second-order valence-corrected chi connectivity index (χ2v) is 16.1. The zero-order valence-corrected chi connectivity index (χ0v) is 33.1. The number of thiophene rings is 1. The lowest BCUT2D eigenvalue weighted by Gasteiger charge is -2.26. The van der Waals surface area contributed by atoms with Gasteiger partial charge in [0.15, 0.2) is 5.58 Å². The predicted octanol–water partition coefficient (Wildman–Crippen LogP) is 16.2. The topological polar surface area (TPSA) is 42.4 Å². The van der Waals surface area contributed by atoms with Gasteiger partial charge in [0, 0.05) is 53.6 Å². The Bertz CT molecular complexity index is 3530. The Hall–Kier alpha value is -7.73. The molecule has 0 unspecified atom stereocenters. The third kappa shape index (κ3) is 5.70. The quantitative estimate of drug-likeness (QED) is 0.161. The summed E-state index contributed by atoms with van der Waals surface area (Å²) >= 11 is 1.86. The van der Waals surface area contributed by atoms with Crippen LogP contribution in [0.25, 0.3) is 98.0 Å². The van der Waals surface area contributed by atoms with E-state index in [1.54, 1.807) is 0 Å². The van der Waals surface area contributed by atoms with Crippen molar-refractivity contribution in [3.05, 3.63) is 206 Å². The minimum atomic E-state index is 0.580. The maximum absolute atomic E-state index is 6.63. The van der Waals surface area contributed by atoms with Gasteiger partial charge >= 0.3 is 0 Å². The Balaban J connectivity index is 1.000. The molecular formula is C55H34N2O2S. The summed E-state index contributed by atoms with van der Waals surface area (Å²) in [5.41, 5.74) is 13.8. The van der Waals surface area contributed by atoms with Gasteiger partial charge < -0.3 is 13.7 Å². The molecule has 4 nitrogen and oxygen atoms in total. The van der Waals surface area contributed by atoms with E-state index in [0.29, 0.717) is 11.5 Å². The molecular weight excluding hydrogens is 753 g/mol. The van der Waals surface area contributed by atoms with Crippen molar-refractivity contribution in [2.24, 2.45) is 0 Å². The highest BCUT2D eigenvalue weighted by atomic mass is 32.1. The summed E-state index contributed by atoms with van der Waals surface area (Å²) in [5, 5.41) is 4.67. The molecule has 282 valence electrons. The number of hydrogen-bond donors (Lipinski definition) is 0. The van der Waals surface area contributed by atoms with E-state index in [1.807, 2.05) is 59.9 Å². The Labute approximate surface area is 349 Å². The van der Waals surface area contributed by atoms with E-state index in [4.69, 9.17) is 13.8 Å². The number of hydrogen-bond acceptors (Lipinski definition) is 5. The number of oxazole rings is 1. The fourth-order valence-electron chi connectivity index (χ4n) is 8.65. The van der Waals surface area contributed by atoms with Crippen molar-refractivity contribution in [2.45, 2.75) is 0 Å². The summed E-state index contributed by atoms with van der Waals surface area (Å²) in [7, 11) is 0. The van der Waals surface area contributed by atoms with Crippen molar-refractivity contribution in [3.8, 4) is 44.8 Å². The molecule has 12 rings (SSSR count). The van der Waals surface area contributed by atoms with E-state index in [0.717, 1.165) is 66.8 Å². The molecule has 0 atom stereocenters. The van der Waals surface area contributed by atoms with Gasteiger partial charge in [0.25, 0.3) is 0 Å². The van der Waals surface area contributed by atoms with Crippen LogP contribution in [0.4, 0.5) is 17.1 Å². The minimum absolute atomic E-state index is 0.580. The van der Waals surface area contributed by atoms with E-state index in [9.17, 15) is 0 Å². The molecule has 9 aromatic carbocycles. The molecule has 0 aliphatic heterocycles. The largest absolute Gasteiger partial charge is 0.455 e. The molecule has 12 aromatic rings. The van der Waals surface area contributed by atoms with Crippen LogP contribution in [0.15, 0.2) is 215 Å². The molecule has 60 heavy (non-hydrogen) atoms. The Kier molecular flexibility index (Phi) is 8.00. The maximum atomic E-state index is 6.63. The first-order valence-corrected chi connectivity index (χ1v) is 20.9. The van der Waals surface area contributed by atoms with Gasteiger partial charge in [-0.05, 0) is 94.5 Å². The van der Waals surface area contributed by atoms with Gasteiger partial charge in [0.2, 0.25) is 5.89 Å². The number of nitrogens with zero attached hydrogens (tertiary/aromatic N) is 2. The summed E-state index contributed by atoms with van der Waals surface area (Å²) in [4.78, 5) is 7.34. The van der Waals surface area contributed by atoms with Crippen LogP contribution < -0.4 is 4.90 Å². The fourth-order valence-corrected chi connectivity index (χ4v) is 9.89. The van der Waals surface area contributed by atoms with Crippen LogP contribution in [-0.2, 0) is 0 Å². The highest BCUT2D eigenvalue weighted by Gasteiger charge is 2.22. The van der Waals surface area contributed by atoms with E-state index in [2.05, 4.69) is 163 Å². The molecule has 0 spiro atoms. The molecule has 0 N–H and O–H groups in total. The van der Waals surface area contributed by atoms with Crippen LogP contribution in [-0.4, -0.2) is 4.98 Å². The number of fused-ring (bicyclic) bond motifs is 7. The summed E-state index contributed by atoms with van der Waals surface area (Å²) in [6.45, 7) is 0. The smallest absolute Gasteiger partial charge is 0.227 e. The SMILES string of the molecule is c1ccc(-c2cccc(N(c3ccc(-c4c5oc(-c6ccccc6)nc5cc5c4oc4ccccc45)cc3)c3ccc(-c4cccc5c4sc4ccccc45)cc3)c2)cc1. The standard InChI is InChI=1S/C55H34N2O2S/c1-3-13-35(14-4-1)39-17-11-18-42(33-39)57(40-29-25-36(26-30-40)43-21-12-22-46-45-20-8-10-24-50(45)60-54(43)46)41-31-27-37(28-32-41)51-52-47(44-19-7-9-23-49(44)58-52)34-48-53(51)59-55(56-48)38-15-5-2-6-16-38/h1-34H. The monoisotopic (exact) mass is 786 g/mol. The molecule has 0 aliphatic rings. The predicted molar refractivity (Wildman–Crippen MR) is 251 cm³/mol. The van der Waals surface area contributed by atoms with Crippen molar-refractivity contribution in [1.82, 2.24) is 4.98 Å². The number of benzene rings is 9. The molecule has 0 radical (unpaired) electrons. The van der Waals surface area contributed by atoms with E-state index >= 15 is 0 Å². The molecule has 0 fully saturated rings. The number of aromatic nitrogens is 1. The van der Waals surface area contributed by atoms with Gasteiger partial charge in [-0.15, -0.1) is 11.3 Å². The third-order valence-electron chi connectivity index (χ3n) is 11.5. The first-order valence-electron chi connectivity index (χ1n) is 20.1. The van der Waals surface area contributed by atoms with Crippen LogP contribution in [0.3, 0.4) is 0 Å². The summed E-state index contributed by atoms with van der Waals surface area (Å²) in [6.07, 6.45) is 0. The molecule has 3 aromatic heterocycles. The van der Waals surface area contributed by atoms with Crippen LogP contribution >= 0.6 is 11.3 Å². The van der Waals surface area contributed by atoms with E-state index in [-0.39, 0.29) is 0 Å². The van der Waals surface area contributed by atoms with Gasteiger partial charge in [-0.2, -0.15) is 0 Å². The Morgan fingerprint density at radius 2 is 1.03 bits per heavy atom. The Morgan fingerprint density at radius 1 is 0.400 bits per heavy atom. The van der Waals surface area contributed by atoms with Crippen molar-refractivity contribution in [2.75, 3.05) is 4.90 Å².